The van der Waals surface area contributed by atoms with Crippen molar-refractivity contribution in [2.24, 2.45) is 5.92 Å². The van der Waals surface area contributed by atoms with E-state index in [4.69, 9.17) is 5.73 Å². The molecule has 0 aromatic heterocycles. The summed E-state index contributed by atoms with van der Waals surface area (Å²) in [5.41, 5.74) is 6.02. The molecule has 0 aliphatic carbocycles. The van der Waals surface area contributed by atoms with Crippen molar-refractivity contribution in [3.63, 3.8) is 0 Å². The maximum absolute atomic E-state index is 12.3. The summed E-state index contributed by atoms with van der Waals surface area (Å²) in [5.74, 6) is 0.325. The van der Waals surface area contributed by atoms with Crippen molar-refractivity contribution in [3.8, 4) is 0 Å². The van der Waals surface area contributed by atoms with Crippen molar-refractivity contribution in [3.05, 3.63) is 22.7 Å². The second kappa shape index (κ2) is 6.72. The number of hydrogen-bond donors (Lipinski definition) is 2. The Bertz CT molecular complexity index is 527. The smallest absolute Gasteiger partial charge is 0.242 e. The first-order valence-corrected chi connectivity index (χ1v) is 8.66. The van der Waals surface area contributed by atoms with E-state index in [0.29, 0.717) is 5.92 Å². The van der Waals surface area contributed by atoms with Gasteiger partial charge < -0.3 is 5.73 Å². The Morgan fingerprint density at radius 3 is 2.37 bits per heavy atom. The van der Waals surface area contributed by atoms with Gasteiger partial charge in [0.25, 0.3) is 0 Å². The summed E-state index contributed by atoms with van der Waals surface area (Å²) in [4.78, 5) is 0.133. The molecule has 4 nitrogen and oxygen atoms in total. The molecule has 0 spiro atoms. The van der Waals surface area contributed by atoms with Crippen LogP contribution in [0.1, 0.15) is 33.6 Å². The predicted molar refractivity (Wildman–Crippen MR) is 82.4 cm³/mol. The molecule has 1 atom stereocenters. The second-order valence-corrected chi connectivity index (χ2v) is 7.27. The number of rotatable bonds is 6. The number of sulfonamides is 1. The summed E-state index contributed by atoms with van der Waals surface area (Å²) in [6, 6.07) is 4.67. The third-order valence-electron chi connectivity index (χ3n) is 3.36. The predicted octanol–water partition coefficient (Wildman–Crippen LogP) is 3.13. The minimum absolute atomic E-state index is 0.108. The fourth-order valence-electron chi connectivity index (χ4n) is 2.16. The van der Waals surface area contributed by atoms with Crippen LogP contribution in [0, 0.1) is 5.92 Å². The fourth-order valence-corrected chi connectivity index (χ4v) is 3.97. The molecule has 0 amide bonds. The third kappa shape index (κ3) is 4.19. The summed E-state index contributed by atoms with van der Waals surface area (Å²) >= 11 is 3.26. The van der Waals surface area contributed by atoms with Gasteiger partial charge in [0, 0.05) is 10.5 Å². The number of nitrogens with one attached hydrogen (secondary N) is 1. The van der Waals surface area contributed by atoms with Crippen LogP contribution >= 0.6 is 15.9 Å². The van der Waals surface area contributed by atoms with Crippen LogP contribution in [0.3, 0.4) is 0 Å². The molecule has 0 heterocycles. The molecular formula is C13H21BrN2O2S. The first-order valence-electron chi connectivity index (χ1n) is 6.39. The van der Waals surface area contributed by atoms with E-state index in [0.717, 1.165) is 17.3 Å². The Morgan fingerprint density at radius 2 is 1.89 bits per heavy atom. The monoisotopic (exact) mass is 348 g/mol. The minimum atomic E-state index is -3.57. The van der Waals surface area contributed by atoms with Crippen LogP contribution in [-0.2, 0) is 10.0 Å². The van der Waals surface area contributed by atoms with Crippen LogP contribution in [0.4, 0.5) is 5.69 Å². The maximum atomic E-state index is 12.3. The van der Waals surface area contributed by atoms with Gasteiger partial charge in [0.15, 0.2) is 0 Å². The van der Waals surface area contributed by atoms with Crippen LogP contribution in [0.2, 0.25) is 0 Å². The number of hydrogen-bond acceptors (Lipinski definition) is 3. The summed E-state index contributed by atoms with van der Waals surface area (Å²) in [6.45, 7) is 6.02. The highest BCUT2D eigenvalue weighted by Crippen LogP contribution is 2.24. The SMILES string of the molecule is CCC(CC)C(C)NS(=O)(=O)c1ccc(Br)cc1N. The molecule has 1 aromatic rings. The molecule has 1 aromatic carbocycles. The molecule has 1 rings (SSSR count). The highest BCUT2D eigenvalue weighted by atomic mass is 79.9. The van der Waals surface area contributed by atoms with Gasteiger partial charge in [-0.1, -0.05) is 42.6 Å². The Kier molecular flexibility index (Phi) is 5.82. The minimum Gasteiger partial charge on any atom is -0.398 e. The molecular weight excluding hydrogens is 328 g/mol. The van der Waals surface area contributed by atoms with E-state index in [-0.39, 0.29) is 16.6 Å². The Labute approximate surface area is 124 Å². The lowest BCUT2D eigenvalue weighted by molar-refractivity contribution is 0.391. The average molecular weight is 349 g/mol. The van der Waals surface area contributed by atoms with Crippen molar-refractivity contribution in [2.45, 2.75) is 44.6 Å². The molecule has 108 valence electrons. The molecule has 6 heteroatoms. The van der Waals surface area contributed by atoms with E-state index in [2.05, 4.69) is 34.5 Å². The topological polar surface area (TPSA) is 72.2 Å². The van der Waals surface area contributed by atoms with Gasteiger partial charge in [0.1, 0.15) is 4.90 Å². The number of nitrogens with two attached hydrogens (primary N) is 1. The van der Waals surface area contributed by atoms with Crippen LogP contribution in [0.5, 0.6) is 0 Å². The molecule has 3 N–H and O–H groups in total. The van der Waals surface area contributed by atoms with E-state index in [1.807, 2.05) is 6.92 Å². The Morgan fingerprint density at radius 1 is 1.32 bits per heavy atom. The van der Waals surface area contributed by atoms with Crippen molar-refractivity contribution >= 4 is 31.6 Å². The van der Waals surface area contributed by atoms with Gasteiger partial charge in [-0.15, -0.1) is 0 Å². The zero-order valence-electron chi connectivity index (χ0n) is 11.5. The number of halogens is 1. The highest BCUT2D eigenvalue weighted by molar-refractivity contribution is 9.10. The van der Waals surface area contributed by atoms with E-state index >= 15 is 0 Å². The van der Waals surface area contributed by atoms with Crippen LogP contribution < -0.4 is 10.5 Å². The van der Waals surface area contributed by atoms with Gasteiger partial charge in [0.05, 0.1) is 5.69 Å². The van der Waals surface area contributed by atoms with E-state index in [1.54, 1.807) is 12.1 Å². The van der Waals surface area contributed by atoms with Gasteiger partial charge in [0.2, 0.25) is 10.0 Å². The lowest BCUT2D eigenvalue weighted by Crippen LogP contribution is -2.38. The van der Waals surface area contributed by atoms with E-state index in [1.165, 1.54) is 6.07 Å². The first-order chi connectivity index (χ1) is 8.81. The zero-order valence-corrected chi connectivity index (χ0v) is 13.9. The summed E-state index contributed by atoms with van der Waals surface area (Å²) in [7, 11) is -3.57. The third-order valence-corrected chi connectivity index (χ3v) is 5.48. The van der Waals surface area contributed by atoms with Crippen molar-refractivity contribution in [1.29, 1.82) is 0 Å². The highest BCUT2D eigenvalue weighted by Gasteiger charge is 2.23. The number of nitrogen functional groups attached to an aromatic ring is 1. The molecule has 0 bridgehead atoms. The van der Waals surface area contributed by atoms with Crippen LogP contribution in [0.15, 0.2) is 27.6 Å². The van der Waals surface area contributed by atoms with Crippen LogP contribution in [-0.4, -0.2) is 14.5 Å². The summed E-state index contributed by atoms with van der Waals surface area (Å²) in [6.07, 6.45) is 1.88. The first kappa shape index (κ1) is 16.5. The number of anilines is 1. The summed E-state index contributed by atoms with van der Waals surface area (Å²) < 4.78 is 28.1. The molecule has 19 heavy (non-hydrogen) atoms. The average Bonchev–Trinajstić information content (AvgIpc) is 2.29. The largest absolute Gasteiger partial charge is 0.398 e. The van der Waals surface area contributed by atoms with Gasteiger partial charge >= 0.3 is 0 Å². The van der Waals surface area contributed by atoms with Crippen molar-refractivity contribution in [1.82, 2.24) is 4.72 Å². The Hall–Kier alpha value is -0.590. The molecule has 0 saturated carbocycles. The molecule has 0 saturated heterocycles. The lowest BCUT2D eigenvalue weighted by atomic mass is 9.96. The van der Waals surface area contributed by atoms with E-state index < -0.39 is 10.0 Å². The molecule has 0 radical (unpaired) electrons. The van der Waals surface area contributed by atoms with E-state index in [9.17, 15) is 8.42 Å². The Balaban J connectivity index is 2.98. The number of benzene rings is 1. The molecule has 0 fully saturated rings. The van der Waals surface area contributed by atoms with Crippen molar-refractivity contribution in [2.75, 3.05) is 5.73 Å². The summed E-state index contributed by atoms with van der Waals surface area (Å²) in [5, 5.41) is 0. The van der Waals surface area contributed by atoms with Gasteiger partial charge in [-0.05, 0) is 31.0 Å². The van der Waals surface area contributed by atoms with Crippen molar-refractivity contribution < 1.29 is 8.42 Å². The van der Waals surface area contributed by atoms with Crippen LogP contribution in [0.25, 0.3) is 0 Å². The standard InChI is InChI=1S/C13H21BrN2O2S/c1-4-10(5-2)9(3)16-19(17,18)13-7-6-11(14)8-12(13)15/h6-10,16H,4-5,15H2,1-3H3. The van der Waals surface area contributed by atoms with Gasteiger partial charge in [-0.2, -0.15) is 0 Å². The van der Waals surface area contributed by atoms with Gasteiger partial charge in [-0.3, -0.25) is 0 Å². The normalized spacial score (nSPS) is 13.7. The second-order valence-electron chi connectivity index (χ2n) is 4.67. The maximum Gasteiger partial charge on any atom is 0.242 e. The molecule has 0 aliphatic rings. The lowest BCUT2D eigenvalue weighted by Gasteiger charge is -2.22. The zero-order chi connectivity index (χ0) is 14.6. The quantitative estimate of drug-likeness (QED) is 0.775. The van der Waals surface area contributed by atoms with Gasteiger partial charge in [-0.25, -0.2) is 13.1 Å². The molecule has 1 unspecified atom stereocenters. The molecule has 0 aliphatic heterocycles. The fraction of sp³-hybridized carbons (Fsp3) is 0.538.